The molecule has 2 aromatic carbocycles. The molecule has 1 fully saturated rings. The summed E-state index contributed by atoms with van der Waals surface area (Å²) in [5.41, 5.74) is 1.72. The Labute approximate surface area is 178 Å². The normalized spacial score (nSPS) is 17.6. The first kappa shape index (κ1) is 21.8. The van der Waals surface area contributed by atoms with Gasteiger partial charge in [-0.3, -0.25) is 4.90 Å². The number of carbonyl (C=O) groups excluding carboxylic acids is 1. The van der Waals surface area contributed by atoms with Crippen molar-refractivity contribution in [1.29, 1.82) is 0 Å². The minimum atomic E-state index is -0.918. The van der Waals surface area contributed by atoms with Gasteiger partial charge in [0.25, 0.3) is 0 Å². The molecule has 1 N–H and O–H groups in total. The molecule has 160 valence electrons. The minimum absolute atomic E-state index is 0.0482. The van der Waals surface area contributed by atoms with E-state index in [9.17, 15) is 14.7 Å². The molecule has 1 aliphatic heterocycles. The molecule has 1 amide bonds. The van der Waals surface area contributed by atoms with Crippen molar-refractivity contribution in [2.75, 3.05) is 19.6 Å². The van der Waals surface area contributed by atoms with E-state index in [0.717, 1.165) is 17.5 Å². The second-order valence-electron chi connectivity index (χ2n) is 8.71. The Balaban J connectivity index is 1.77. The molecule has 1 saturated heterocycles. The first-order valence-electron chi connectivity index (χ1n) is 10.3. The Kier molecular flexibility index (Phi) is 6.77. The van der Waals surface area contributed by atoms with Crippen molar-refractivity contribution in [2.24, 2.45) is 0 Å². The molecule has 30 heavy (non-hydrogen) atoms. The highest BCUT2D eigenvalue weighted by Gasteiger charge is 2.33. The molecule has 2 aromatic rings. The first-order valence-corrected chi connectivity index (χ1v) is 10.3. The predicted octanol–water partition coefficient (Wildman–Crippen LogP) is 4.05. The molecule has 0 bridgehead atoms. The van der Waals surface area contributed by atoms with Gasteiger partial charge in [-0.25, -0.2) is 9.59 Å². The van der Waals surface area contributed by atoms with Gasteiger partial charge < -0.3 is 14.7 Å². The van der Waals surface area contributed by atoms with E-state index in [1.807, 2.05) is 56.0 Å². The van der Waals surface area contributed by atoms with E-state index in [0.29, 0.717) is 31.7 Å². The number of benzene rings is 2. The largest absolute Gasteiger partial charge is 0.478 e. The highest BCUT2D eigenvalue weighted by Crippen LogP contribution is 2.21. The van der Waals surface area contributed by atoms with E-state index in [2.05, 4.69) is 17.0 Å². The van der Waals surface area contributed by atoms with Gasteiger partial charge in [0.2, 0.25) is 0 Å². The van der Waals surface area contributed by atoms with Crippen LogP contribution < -0.4 is 0 Å². The molecule has 0 spiro atoms. The zero-order valence-electron chi connectivity index (χ0n) is 17.9. The average molecular weight is 411 g/mol. The number of rotatable bonds is 5. The van der Waals surface area contributed by atoms with E-state index >= 15 is 0 Å². The average Bonchev–Trinajstić information content (AvgIpc) is 2.68. The molecule has 1 atom stereocenters. The number of ether oxygens (including phenoxy) is 1. The summed E-state index contributed by atoms with van der Waals surface area (Å²) in [7, 11) is 0. The minimum Gasteiger partial charge on any atom is -0.478 e. The van der Waals surface area contributed by atoms with Gasteiger partial charge in [0.05, 0.1) is 11.6 Å². The predicted molar refractivity (Wildman–Crippen MR) is 116 cm³/mol. The lowest BCUT2D eigenvalue weighted by atomic mass is 10.0. The van der Waals surface area contributed by atoms with Crippen LogP contribution in [0.25, 0.3) is 0 Å². The van der Waals surface area contributed by atoms with Crippen LogP contribution in [0.2, 0.25) is 0 Å². The molecule has 3 rings (SSSR count). The molecular weight excluding hydrogens is 380 g/mol. The summed E-state index contributed by atoms with van der Waals surface area (Å²) in [5.74, 6) is -0.918. The van der Waals surface area contributed by atoms with Crippen LogP contribution in [0.4, 0.5) is 4.79 Å². The Bertz CT molecular complexity index is 876. The van der Waals surface area contributed by atoms with Crippen LogP contribution in [0.1, 0.15) is 42.3 Å². The van der Waals surface area contributed by atoms with Gasteiger partial charge in [-0.05, 0) is 44.4 Å². The third-order valence-electron chi connectivity index (χ3n) is 5.15. The number of hydrogen-bond donors (Lipinski definition) is 1. The molecule has 1 unspecified atom stereocenters. The lowest BCUT2D eigenvalue weighted by Crippen LogP contribution is -2.56. The van der Waals surface area contributed by atoms with Gasteiger partial charge in [0, 0.05) is 26.2 Å². The molecule has 6 heteroatoms. The van der Waals surface area contributed by atoms with Crippen LogP contribution in [-0.4, -0.2) is 58.2 Å². The molecule has 0 radical (unpaired) electrons. The van der Waals surface area contributed by atoms with E-state index in [1.54, 1.807) is 12.1 Å². The van der Waals surface area contributed by atoms with Crippen LogP contribution in [0.3, 0.4) is 0 Å². The fraction of sp³-hybridized carbons (Fsp3) is 0.417. The molecule has 1 aliphatic rings. The maximum absolute atomic E-state index is 12.8. The Hall–Kier alpha value is -2.86. The number of aromatic carboxylic acids is 1. The van der Waals surface area contributed by atoms with Gasteiger partial charge in [-0.2, -0.15) is 0 Å². The van der Waals surface area contributed by atoms with Crippen molar-refractivity contribution in [3.63, 3.8) is 0 Å². The summed E-state index contributed by atoms with van der Waals surface area (Å²) in [4.78, 5) is 28.4. The van der Waals surface area contributed by atoms with Crippen molar-refractivity contribution in [1.82, 2.24) is 9.80 Å². The number of piperazine rings is 1. The molecule has 0 saturated carbocycles. The molecule has 1 heterocycles. The van der Waals surface area contributed by atoms with Crippen LogP contribution >= 0.6 is 0 Å². The maximum atomic E-state index is 12.8. The smallest absolute Gasteiger partial charge is 0.410 e. The topological polar surface area (TPSA) is 70.1 Å². The van der Waals surface area contributed by atoms with Gasteiger partial charge in [-0.15, -0.1) is 0 Å². The summed E-state index contributed by atoms with van der Waals surface area (Å²) in [5, 5.41) is 9.48. The standard InChI is InChI=1S/C24H30N2O4/c1-24(2,3)30-23(29)26-14-13-25(16-19-11-7-8-12-21(19)22(27)28)17-20(26)15-18-9-5-4-6-10-18/h4-12,20H,13-17H2,1-3H3,(H,27,28). The number of hydrogen-bond acceptors (Lipinski definition) is 4. The van der Waals surface area contributed by atoms with Gasteiger partial charge in [-0.1, -0.05) is 48.5 Å². The molecular formula is C24H30N2O4. The lowest BCUT2D eigenvalue weighted by molar-refractivity contribution is -0.00233. The Morgan fingerprint density at radius 2 is 1.70 bits per heavy atom. The Morgan fingerprint density at radius 1 is 1.03 bits per heavy atom. The first-order chi connectivity index (χ1) is 14.2. The SMILES string of the molecule is CC(C)(C)OC(=O)N1CCN(Cc2ccccc2C(=O)O)CC1Cc1ccccc1. The zero-order valence-corrected chi connectivity index (χ0v) is 17.9. The fourth-order valence-corrected chi connectivity index (χ4v) is 3.79. The maximum Gasteiger partial charge on any atom is 0.410 e. The summed E-state index contributed by atoms with van der Waals surface area (Å²) in [6.45, 7) is 8.01. The van der Waals surface area contributed by atoms with Crippen molar-refractivity contribution in [3.05, 3.63) is 71.3 Å². The van der Waals surface area contributed by atoms with Crippen molar-refractivity contribution >= 4 is 12.1 Å². The monoisotopic (exact) mass is 410 g/mol. The third-order valence-corrected chi connectivity index (χ3v) is 5.15. The van der Waals surface area contributed by atoms with E-state index < -0.39 is 11.6 Å². The quantitative estimate of drug-likeness (QED) is 0.805. The van der Waals surface area contributed by atoms with Crippen molar-refractivity contribution in [2.45, 2.75) is 45.4 Å². The molecule has 0 aliphatic carbocycles. The summed E-state index contributed by atoms with van der Waals surface area (Å²) >= 11 is 0. The number of carboxylic acid groups (broad SMARTS) is 1. The van der Waals surface area contributed by atoms with E-state index in [4.69, 9.17) is 4.74 Å². The van der Waals surface area contributed by atoms with Crippen molar-refractivity contribution in [3.8, 4) is 0 Å². The van der Waals surface area contributed by atoms with E-state index in [1.165, 1.54) is 0 Å². The molecule has 0 aromatic heterocycles. The number of carboxylic acids is 1. The fourth-order valence-electron chi connectivity index (χ4n) is 3.79. The van der Waals surface area contributed by atoms with Crippen LogP contribution in [0, 0.1) is 0 Å². The summed E-state index contributed by atoms with van der Waals surface area (Å²) in [6, 6.07) is 17.1. The van der Waals surface area contributed by atoms with E-state index in [-0.39, 0.29) is 12.1 Å². The van der Waals surface area contributed by atoms with Gasteiger partial charge >= 0.3 is 12.1 Å². The highest BCUT2D eigenvalue weighted by molar-refractivity contribution is 5.89. The van der Waals surface area contributed by atoms with Gasteiger partial charge in [0.15, 0.2) is 0 Å². The van der Waals surface area contributed by atoms with Crippen LogP contribution in [0.5, 0.6) is 0 Å². The summed E-state index contributed by atoms with van der Waals surface area (Å²) < 4.78 is 5.64. The molecule has 6 nitrogen and oxygen atoms in total. The third kappa shape index (κ3) is 5.83. The number of amides is 1. The summed E-state index contributed by atoms with van der Waals surface area (Å²) in [6.07, 6.45) is 0.422. The van der Waals surface area contributed by atoms with Crippen LogP contribution in [-0.2, 0) is 17.7 Å². The number of carbonyl (C=O) groups is 2. The van der Waals surface area contributed by atoms with Crippen molar-refractivity contribution < 1.29 is 19.4 Å². The lowest BCUT2D eigenvalue weighted by Gasteiger charge is -2.42. The number of nitrogens with zero attached hydrogens (tertiary/aromatic N) is 2. The Morgan fingerprint density at radius 3 is 2.37 bits per heavy atom. The van der Waals surface area contributed by atoms with Crippen LogP contribution in [0.15, 0.2) is 54.6 Å². The highest BCUT2D eigenvalue weighted by atomic mass is 16.6. The zero-order chi connectivity index (χ0) is 21.7. The second-order valence-corrected chi connectivity index (χ2v) is 8.71. The second kappa shape index (κ2) is 9.30. The van der Waals surface area contributed by atoms with Gasteiger partial charge in [0.1, 0.15) is 5.60 Å².